The largest absolute Gasteiger partial charge is 0.317 e. The van der Waals surface area contributed by atoms with Crippen molar-refractivity contribution in [3.63, 3.8) is 0 Å². The molecule has 18 heavy (non-hydrogen) atoms. The molecule has 2 nitrogen and oxygen atoms in total. The maximum absolute atomic E-state index is 3.49. The van der Waals surface area contributed by atoms with Gasteiger partial charge < -0.3 is 10.2 Å². The van der Waals surface area contributed by atoms with E-state index in [0.717, 1.165) is 12.0 Å². The molecule has 0 spiro atoms. The van der Waals surface area contributed by atoms with Gasteiger partial charge in [-0.15, -0.1) is 0 Å². The number of hydrogen-bond acceptors (Lipinski definition) is 2. The highest BCUT2D eigenvalue weighted by atomic mass is 15.2. The molecule has 0 bridgehead atoms. The highest BCUT2D eigenvalue weighted by Gasteiger charge is 2.23. The minimum absolute atomic E-state index is 0.905. The zero-order valence-corrected chi connectivity index (χ0v) is 12.3. The summed E-state index contributed by atoms with van der Waals surface area (Å²) in [4.78, 5) is 2.85. The van der Waals surface area contributed by atoms with Crippen molar-refractivity contribution >= 4 is 0 Å². The van der Waals surface area contributed by atoms with Crippen LogP contribution < -0.4 is 5.32 Å². The lowest BCUT2D eigenvalue weighted by atomic mass is 9.95. The van der Waals surface area contributed by atoms with Crippen LogP contribution in [-0.4, -0.2) is 37.1 Å². The van der Waals surface area contributed by atoms with E-state index in [1.165, 1.54) is 84.0 Å². The predicted octanol–water partition coefficient (Wildman–Crippen LogP) is 3.42. The quantitative estimate of drug-likeness (QED) is 0.754. The summed E-state index contributed by atoms with van der Waals surface area (Å²) in [6.45, 7) is 7.53. The van der Waals surface area contributed by atoms with Crippen molar-refractivity contribution in [1.82, 2.24) is 10.2 Å². The van der Waals surface area contributed by atoms with Gasteiger partial charge in [-0.3, -0.25) is 0 Å². The van der Waals surface area contributed by atoms with Gasteiger partial charge in [0.15, 0.2) is 0 Å². The van der Waals surface area contributed by atoms with Gasteiger partial charge in [-0.05, 0) is 57.7 Å². The third kappa shape index (κ3) is 4.55. The Morgan fingerprint density at radius 2 is 1.61 bits per heavy atom. The number of piperidine rings is 1. The molecular formula is C16H32N2. The average molecular weight is 252 g/mol. The van der Waals surface area contributed by atoms with Crippen LogP contribution in [0.5, 0.6) is 0 Å². The number of rotatable bonds is 5. The highest BCUT2D eigenvalue weighted by molar-refractivity contribution is 4.79. The molecule has 1 aliphatic heterocycles. The molecule has 1 heterocycles. The van der Waals surface area contributed by atoms with E-state index in [1.54, 1.807) is 0 Å². The minimum Gasteiger partial charge on any atom is -0.317 e. The summed E-state index contributed by atoms with van der Waals surface area (Å²) in [6.07, 6.45) is 12.9. The topological polar surface area (TPSA) is 15.3 Å². The van der Waals surface area contributed by atoms with Crippen molar-refractivity contribution in [1.29, 1.82) is 0 Å². The fourth-order valence-corrected chi connectivity index (χ4v) is 3.73. The Bertz CT molecular complexity index is 203. The van der Waals surface area contributed by atoms with Gasteiger partial charge >= 0.3 is 0 Å². The first kappa shape index (κ1) is 14.3. The first-order valence-corrected chi connectivity index (χ1v) is 8.35. The van der Waals surface area contributed by atoms with Crippen LogP contribution in [0.2, 0.25) is 0 Å². The van der Waals surface area contributed by atoms with Gasteiger partial charge in [0.2, 0.25) is 0 Å². The van der Waals surface area contributed by atoms with Crippen molar-refractivity contribution < 1.29 is 0 Å². The van der Waals surface area contributed by atoms with Crippen LogP contribution in [0, 0.1) is 5.92 Å². The van der Waals surface area contributed by atoms with Crippen molar-refractivity contribution in [2.45, 2.75) is 70.8 Å². The number of nitrogens with one attached hydrogen (secondary N) is 1. The van der Waals surface area contributed by atoms with Gasteiger partial charge in [0.1, 0.15) is 0 Å². The van der Waals surface area contributed by atoms with Gasteiger partial charge in [0.05, 0.1) is 0 Å². The summed E-state index contributed by atoms with van der Waals surface area (Å²) < 4.78 is 0. The Morgan fingerprint density at radius 3 is 2.22 bits per heavy atom. The second kappa shape index (κ2) is 8.16. The zero-order chi connectivity index (χ0) is 12.6. The molecule has 2 heteroatoms. The molecule has 1 saturated carbocycles. The van der Waals surface area contributed by atoms with Gasteiger partial charge in [-0.1, -0.05) is 32.6 Å². The zero-order valence-electron chi connectivity index (χ0n) is 12.3. The molecule has 106 valence electrons. The van der Waals surface area contributed by atoms with Crippen molar-refractivity contribution in [2.24, 2.45) is 5.92 Å². The molecule has 1 aliphatic carbocycles. The molecule has 0 aromatic rings. The normalized spacial score (nSPS) is 24.3. The molecule has 0 unspecified atom stereocenters. The monoisotopic (exact) mass is 252 g/mol. The first-order chi connectivity index (χ1) is 8.90. The average Bonchev–Trinajstić information content (AvgIpc) is 2.68. The molecule has 0 aromatic carbocycles. The van der Waals surface area contributed by atoms with E-state index in [4.69, 9.17) is 0 Å². The summed E-state index contributed by atoms with van der Waals surface area (Å²) in [5, 5.41) is 3.49. The highest BCUT2D eigenvalue weighted by Crippen LogP contribution is 2.24. The second-order valence-corrected chi connectivity index (χ2v) is 6.33. The summed E-state index contributed by atoms with van der Waals surface area (Å²) in [7, 11) is 0. The fourth-order valence-electron chi connectivity index (χ4n) is 3.73. The van der Waals surface area contributed by atoms with Crippen LogP contribution in [0.25, 0.3) is 0 Å². The van der Waals surface area contributed by atoms with Gasteiger partial charge in [0, 0.05) is 12.6 Å². The Labute approximate surface area is 114 Å². The van der Waals surface area contributed by atoms with E-state index in [-0.39, 0.29) is 0 Å². The molecule has 1 N–H and O–H groups in total. The maximum atomic E-state index is 3.49. The molecule has 1 saturated heterocycles. The standard InChI is InChI=1S/C16H32N2/c1-2-13-18(14-15-9-11-17-12-10-15)16-7-5-3-4-6-8-16/h15-17H,2-14H2,1H3. The van der Waals surface area contributed by atoms with E-state index in [2.05, 4.69) is 17.1 Å². The molecule has 2 fully saturated rings. The smallest absolute Gasteiger partial charge is 0.00953 e. The van der Waals surface area contributed by atoms with Crippen molar-refractivity contribution in [3.05, 3.63) is 0 Å². The Morgan fingerprint density at radius 1 is 0.944 bits per heavy atom. The Hall–Kier alpha value is -0.0800. The SMILES string of the molecule is CCCN(CC1CCNCC1)C1CCCCCC1. The molecule has 2 aliphatic rings. The van der Waals surface area contributed by atoms with Crippen LogP contribution in [0.3, 0.4) is 0 Å². The summed E-state index contributed by atoms with van der Waals surface area (Å²) in [6, 6.07) is 0.905. The third-order valence-electron chi connectivity index (χ3n) is 4.80. The van der Waals surface area contributed by atoms with E-state index in [0.29, 0.717) is 0 Å². The Balaban J connectivity index is 1.84. The van der Waals surface area contributed by atoms with Gasteiger partial charge in [-0.25, -0.2) is 0 Å². The maximum Gasteiger partial charge on any atom is 0.00953 e. The molecule has 0 amide bonds. The van der Waals surface area contributed by atoms with E-state index in [1.807, 2.05) is 0 Å². The number of nitrogens with zero attached hydrogens (tertiary/aromatic N) is 1. The van der Waals surface area contributed by atoms with Crippen LogP contribution in [-0.2, 0) is 0 Å². The second-order valence-electron chi connectivity index (χ2n) is 6.33. The lowest BCUT2D eigenvalue weighted by Gasteiger charge is -2.35. The minimum atomic E-state index is 0.905. The van der Waals surface area contributed by atoms with Crippen LogP contribution in [0.1, 0.15) is 64.7 Å². The first-order valence-electron chi connectivity index (χ1n) is 8.35. The molecule has 2 rings (SSSR count). The van der Waals surface area contributed by atoms with Crippen molar-refractivity contribution in [3.8, 4) is 0 Å². The third-order valence-corrected chi connectivity index (χ3v) is 4.80. The summed E-state index contributed by atoms with van der Waals surface area (Å²) in [5.74, 6) is 0.959. The van der Waals surface area contributed by atoms with E-state index >= 15 is 0 Å². The predicted molar refractivity (Wildman–Crippen MR) is 78.9 cm³/mol. The molecular weight excluding hydrogens is 220 g/mol. The van der Waals surface area contributed by atoms with Crippen molar-refractivity contribution in [2.75, 3.05) is 26.2 Å². The van der Waals surface area contributed by atoms with Crippen LogP contribution >= 0.6 is 0 Å². The lowest BCUT2D eigenvalue weighted by Crippen LogP contribution is -2.41. The van der Waals surface area contributed by atoms with Crippen LogP contribution in [0.4, 0.5) is 0 Å². The van der Waals surface area contributed by atoms with Gasteiger partial charge in [-0.2, -0.15) is 0 Å². The Kier molecular flexibility index (Phi) is 6.50. The van der Waals surface area contributed by atoms with Gasteiger partial charge in [0.25, 0.3) is 0 Å². The number of hydrogen-bond donors (Lipinski definition) is 1. The lowest BCUT2D eigenvalue weighted by molar-refractivity contribution is 0.139. The molecule has 0 atom stereocenters. The van der Waals surface area contributed by atoms with E-state index in [9.17, 15) is 0 Å². The molecule has 0 aromatic heterocycles. The fraction of sp³-hybridized carbons (Fsp3) is 1.00. The summed E-state index contributed by atoms with van der Waals surface area (Å²) >= 11 is 0. The van der Waals surface area contributed by atoms with Crippen LogP contribution in [0.15, 0.2) is 0 Å². The molecule has 0 radical (unpaired) electrons. The summed E-state index contributed by atoms with van der Waals surface area (Å²) in [5.41, 5.74) is 0. The van der Waals surface area contributed by atoms with E-state index < -0.39 is 0 Å².